The Balaban J connectivity index is 1.52. The second kappa shape index (κ2) is 7.36. The van der Waals surface area contributed by atoms with Gasteiger partial charge in [-0.1, -0.05) is 0 Å². The van der Waals surface area contributed by atoms with Gasteiger partial charge in [-0.15, -0.1) is 10.2 Å². The minimum atomic E-state index is -4.55. The molecule has 12 heteroatoms. The van der Waals surface area contributed by atoms with Crippen LogP contribution < -0.4 is 9.62 Å². The van der Waals surface area contributed by atoms with E-state index in [1.54, 1.807) is 17.0 Å². The van der Waals surface area contributed by atoms with Crippen molar-refractivity contribution in [3.8, 4) is 0 Å². The lowest BCUT2D eigenvalue weighted by molar-refractivity contribution is -0.137. The molecule has 8 nitrogen and oxygen atoms in total. The third kappa shape index (κ3) is 3.87. The van der Waals surface area contributed by atoms with Crippen molar-refractivity contribution >= 4 is 27.3 Å². The SMILES string of the molecule is O=C1CCCN1c1ccc(S(=O)(=O)NCc2nnc3ccc(C(F)(F)F)cn23)cc1. The molecule has 1 fully saturated rings. The molecule has 3 heterocycles. The summed E-state index contributed by atoms with van der Waals surface area (Å²) in [5.74, 6) is -0.000369. The monoisotopic (exact) mass is 439 g/mol. The zero-order chi connectivity index (χ0) is 21.5. The molecular weight excluding hydrogens is 423 g/mol. The standard InChI is InChI=1S/C18H16F3N5O3S/c19-18(20,21)12-3-8-15-23-24-16(26(15)11-12)10-22-30(28,29)14-6-4-13(5-7-14)25-9-1-2-17(25)27/h3-8,11,22H,1-2,9-10H2. The predicted octanol–water partition coefficient (Wildman–Crippen LogP) is 2.35. The molecule has 1 aliphatic heterocycles. The predicted molar refractivity (Wildman–Crippen MR) is 100 cm³/mol. The van der Waals surface area contributed by atoms with Gasteiger partial charge in [-0.3, -0.25) is 9.20 Å². The number of hydrogen-bond acceptors (Lipinski definition) is 5. The van der Waals surface area contributed by atoms with Crippen LogP contribution in [0.15, 0.2) is 47.5 Å². The van der Waals surface area contributed by atoms with Gasteiger partial charge in [0.15, 0.2) is 11.5 Å². The van der Waals surface area contributed by atoms with Gasteiger partial charge >= 0.3 is 6.18 Å². The maximum absolute atomic E-state index is 12.9. The number of fused-ring (bicyclic) bond motifs is 1. The number of anilines is 1. The van der Waals surface area contributed by atoms with Crippen molar-refractivity contribution in [3.05, 3.63) is 54.0 Å². The summed E-state index contributed by atoms with van der Waals surface area (Å²) >= 11 is 0. The Bertz CT molecular complexity index is 1210. The van der Waals surface area contributed by atoms with E-state index >= 15 is 0 Å². The zero-order valence-electron chi connectivity index (χ0n) is 15.4. The molecule has 0 bridgehead atoms. The largest absolute Gasteiger partial charge is 0.417 e. The number of carbonyl (C=O) groups excluding carboxylic acids is 1. The fraction of sp³-hybridized carbons (Fsp3) is 0.278. The zero-order valence-corrected chi connectivity index (χ0v) is 16.2. The Morgan fingerprint density at radius 2 is 1.80 bits per heavy atom. The number of alkyl halides is 3. The molecule has 0 aliphatic carbocycles. The molecular formula is C18H16F3N5O3S. The highest BCUT2D eigenvalue weighted by molar-refractivity contribution is 7.89. The van der Waals surface area contributed by atoms with E-state index in [0.29, 0.717) is 18.7 Å². The van der Waals surface area contributed by atoms with Gasteiger partial charge in [-0.25, -0.2) is 13.1 Å². The lowest BCUT2D eigenvalue weighted by Gasteiger charge is -2.16. The van der Waals surface area contributed by atoms with Crippen molar-refractivity contribution in [1.29, 1.82) is 0 Å². The van der Waals surface area contributed by atoms with Gasteiger partial charge in [-0.05, 0) is 42.8 Å². The van der Waals surface area contributed by atoms with Crippen LogP contribution in [-0.4, -0.2) is 35.5 Å². The number of halogens is 3. The van der Waals surface area contributed by atoms with Gasteiger partial charge in [0.25, 0.3) is 0 Å². The van der Waals surface area contributed by atoms with Crippen LogP contribution in [0.4, 0.5) is 18.9 Å². The fourth-order valence-corrected chi connectivity index (χ4v) is 4.18. The van der Waals surface area contributed by atoms with Crippen LogP contribution in [0.1, 0.15) is 24.2 Å². The van der Waals surface area contributed by atoms with Gasteiger partial charge in [0.1, 0.15) is 0 Å². The Morgan fingerprint density at radius 1 is 1.07 bits per heavy atom. The van der Waals surface area contributed by atoms with Crippen molar-refractivity contribution in [3.63, 3.8) is 0 Å². The first-order chi connectivity index (χ1) is 14.1. The number of carbonyl (C=O) groups is 1. The van der Waals surface area contributed by atoms with E-state index in [-0.39, 0.29) is 28.8 Å². The van der Waals surface area contributed by atoms with Crippen molar-refractivity contribution in [1.82, 2.24) is 19.3 Å². The maximum atomic E-state index is 12.9. The minimum Gasteiger partial charge on any atom is -0.312 e. The molecule has 4 rings (SSSR count). The first-order valence-corrected chi connectivity index (χ1v) is 10.4. The van der Waals surface area contributed by atoms with E-state index < -0.39 is 21.8 Å². The van der Waals surface area contributed by atoms with Gasteiger partial charge in [0.2, 0.25) is 15.9 Å². The number of hydrogen-bond donors (Lipinski definition) is 1. The highest BCUT2D eigenvalue weighted by Gasteiger charge is 2.31. The van der Waals surface area contributed by atoms with Gasteiger partial charge < -0.3 is 4.90 Å². The molecule has 1 aromatic carbocycles. The second-order valence-electron chi connectivity index (χ2n) is 6.73. The normalized spacial score (nSPS) is 15.3. The van der Waals surface area contributed by atoms with Crippen molar-refractivity contribution in [2.45, 2.75) is 30.5 Å². The first kappa shape index (κ1) is 20.3. The van der Waals surface area contributed by atoms with Crippen molar-refractivity contribution in [2.24, 2.45) is 0 Å². The molecule has 1 amide bonds. The fourth-order valence-electron chi connectivity index (χ4n) is 3.20. The molecule has 0 unspecified atom stereocenters. The number of nitrogens with one attached hydrogen (secondary N) is 1. The Morgan fingerprint density at radius 3 is 2.43 bits per heavy atom. The van der Waals surface area contributed by atoms with E-state index in [1.165, 1.54) is 12.1 Å². The van der Waals surface area contributed by atoms with Crippen LogP contribution >= 0.6 is 0 Å². The average Bonchev–Trinajstić information content (AvgIpc) is 3.31. The molecule has 0 saturated carbocycles. The number of pyridine rings is 1. The molecule has 2 aromatic heterocycles. The van der Waals surface area contributed by atoms with Crippen molar-refractivity contribution < 1.29 is 26.4 Å². The number of sulfonamides is 1. The number of benzene rings is 1. The van der Waals surface area contributed by atoms with Crippen LogP contribution in [-0.2, 0) is 27.5 Å². The summed E-state index contributed by atoms with van der Waals surface area (Å²) in [6.45, 7) is 0.236. The van der Waals surface area contributed by atoms with Gasteiger partial charge in [-0.2, -0.15) is 13.2 Å². The topological polar surface area (TPSA) is 96.7 Å². The van der Waals surface area contributed by atoms with Crippen LogP contribution in [0.3, 0.4) is 0 Å². The third-order valence-corrected chi connectivity index (χ3v) is 6.17. The molecule has 1 saturated heterocycles. The lowest BCUT2D eigenvalue weighted by Crippen LogP contribution is -2.25. The summed E-state index contributed by atoms with van der Waals surface area (Å²) in [6, 6.07) is 7.86. The highest BCUT2D eigenvalue weighted by Crippen LogP contribution is 2.29. The average molecular weight is 439 g/mol. The Labute approximate surface area is 169 Å². The first-order valence-electron chi connectivity index (χ1n) is 8.96. The molecule has 30 heavy (non-hydrogen) atoms. The Hall–Kier alpha value is -2.99. The number of nitrogens with zero attached hydrogens (tertiary/aromatic N) is 4. The summed E-state index contributed by atoms with van der Waals surface area (Å²) in [6.07, 6.45) is -2.51. The summed E-state index contributed by atoms with van der Waals surface area (Å²) < 4.78 is 67.3. The molecule has 1 N–H and O–H groups in total. The lowest BCUT2D eigenvalue weighted by atomic mass is 10.3. The van der Waals surface area contributed by atoms with Gasteiger partial charge in [0, 0.05) is 24.8 Å². The van der Waals surface area contributed by atoms with Crippen LogP contribution in [0.5, 0.6) is 0 Å². The summed E-state index contributed by atoms with van der Waals surface area (Å²) in [7, 11) is -3.95. The van der Waals surface area contributed by atoms with Crippen LogP contribution in [0.25, 0.3) is 5.65 Å². The minimum absolute atomic E-state index is 0.0129. The van der Waals surface area contributed by atoms with E-state index in [4.69, 9.17) is 0 Å². The number of aromatic nitrogens is 3. The quantitative estimate of drug-likeness (QED) is 0.658. The van der Waals surface area contributed by atoms with Crippen molar-refractivity contribution in [2.75, 3.05) is 11.4 Å². The summed E-state index contributed by atoms with van der Waals surface area (Å²) in [5.41, 5.74) is -0.123. The molecule has 0 radical (unpaired) electrons. The third-order valence-electron chi connectivity index (χ3n) is 4.75. The molecule has 3 aromatic rings. The van der Waals surface area contributed by atoms with E-state index in [1.807, 2.05) is 0 Å². The number of amides is 1. The van der Waals surface area contributed by atoms with E-state index in [0.717, 1.165) is 29.2 Å². The molecule has 0 atom stereocenters. The summed E-state index contributed by atoms with van der Waals surface area (Å²) in [5, 5.41) is 7.52. The number of rotatable bonds is 5. The van der Waals surface area contributed by atoms with Crippen LogP contribution in [0, 0.1) is 0 Å². The van der Waals surface area contributed by atoms with Gasteiger partial charge in [0.05, 0.1) is 17.0 Å². The van der Waals surface area contributed by atoms with Crippen LogP contribution in [0.2, 0.25) is 0 Å². The van der Waals surface area contributed by atoms with E-state index in [2.05, 4.69) is 14.9 Å². The molecule has 1 aliphatic rings. The molecule has 0 spiro atoms. The smallest absolute Gasteiger partial charge is 0.312 e. The second-order valence-corrected chi connectivity index (χ2v) is 8.49. The molecule has 158 valence electrons. The Kier molecular flexibility index (Phi) is 4.98. The highest BCUT2D eigenvalue weighted by atomic mass is 32.2. The maximum Gasteiger partial charge on any atom is 0.417 e. The van der Waals surface area contributed by atoms with E-state index in [9.17, 15) is 26.4 Å². The summed E-state index contributed by atoms with van der Waals surface area (Å²) in [4.78, 5) is 13.3.